The van der Waals surface area contributed by atoms with E-state index in [0.29, 0.717) is 12.1 Å². The highest BCUT2D eigenvalue weighted by Crippen LogP contribution is 2.31. The lowest BCUT2D eigenvalue weighted by molar-refractivity contribution is 0.108. The third-order valence-electron chi connectivity index (χ3n) is 2.51. The molecule has 0 heterocycles. The van der Waals surface area contributed by atoms with E-state index in [-0.39, 0.29) is 6.15 Å². The van der Waals surface area contributed by atoms with Crippen molar-refractivity contribution in [3.05, 3.63) is 0 Å². The summed E-state index contributed by atoms with van der Waals surface area (Å²) >= 11 is 0. The van der Waals surface area contributed by atoms with E-state index in [0.717, 1.165) is 19.3 Å². The molecule has 0 aliphatic rings. The van der Waals surface area contributed by atoms with Gasteiger partial charge in [-0.2, -0.15) is 0 Å². The Balaban J connectivity index is 0. The second-order valence-electron chi connectivity index (χ2n) is 3.28. The topological polar surface area (TPSA) is 88.7 Å². The maximum Gasteiger partial charge on any atom is 0.503 e. The first-order valence-electron chi connectivity index (χ1n) is 5.06. The minimum atomic E-state index is -2.47. The fourth-order valence-corrected chi connectivity index (χ4v) is 4.46. The molecule has 1 unspecified atom stereocenters. The van der Waals surface area contributed by atoms with E-state index in [2.05, 4.69) is 6.92 Å². The summed E-state index contributed by atoms with van der Waals surface area (Å²) in [7, 11) is 2.48. The number of nitrogens with two attached hydrogens (primary N) is 1. The highest BCUT2D eigenvalue weighted by atomic mass is 28.4. The average Bonchev–Trinajstić information content (AvgIpc) is 2.22. The normalized spacial score (nSPS) is 13.4. The Hall–Kier alpha value is 0.0169. The van der Waals surface area contributed by atoms with Crippen molar-refractivity contribution in [3.8, 4) is 0 Å². The van der Waals surface area contributed by atoms with Crippen molar-refractivity contribution in [2.75, 3.05) is 27.9 Å². The van der Waals surface area contributed by atoms with Gasteiger partial charge < -0.3 is 25.2 Å². The van der Waals surface area contributed by atoms with Gasteiger partial charge in [0.05, 0.1) is 0 Å². The Bertz CT molecular complexity index is 131. The van der Waals surface area contributed by atoms with Gasteiger partial charge >= 0.3 is 8.80 Å². The van der Waals surface area contributed by atoms with Crippen LogP contribution in [0.25, 0.3) is 0 Å². The highest BCUT2D eigenvalue weighted by molar-refractivity contribution is 6.62. The van der Waals surface area contributed by atoms with Crippen molar-refractivity contribution in [2.24, 2.45) is 5.73 Å². The second-order valence-corrected chi connectivity index (χ2v) is 6.53. The van der Waals surface area contributed by atoms with E-state index < -0.39 is 8.80 Å². The van der Waals surface area contributed by atoms with Crippen LogP contribution in [0.3, 0.4) is 0 Å². The van der Waals surface area contributed by atoms with Crippen molar-refractivity contribution < 1.29 is 13.3 Å². The van der Waals surface area contributed by atoms with Crippen LogP contribution in [0.5, 0.6) is 0 Å². The molecular formula is C9H26N2O3Si. The van der Waals surface area contributed by atoms with E-state index in [1.807, 2.05) is 0 Å². The monoisotopic (exact) mass is 238 g/mol. The third-order valence-corrected chi connectivity index (χ3v) is 5.79. The van der Waals surface area contributed by atoms with Crippen LogP contribution in [0.1, 0.15) is 26.2 Å². The predicted molar refractivity (Wildman–Crippen MR) is 64.1 cm³/mol. The van der Waals surface area contributed by atoms with Gasteiger partial charge in [-0.3, -0.25) is 0 Å². The van der Waals surface area contributed by atoms with E-state index in [4.69, 9.17) is 19.0 Å². The predicted octanol–water partition coefficient (Wildman–Crippen LogP) is 1.55. The number of hydrogen-bond donors (Lipinski definition) is 2. The highest BCUT2D eigenvalue weighted by Gasteiger charge is 2.45. The Morgan fingerprint density at radius 1 is 1.07 bits per heavy atom. The first-order valence-corrected chi connectivity index (χ1v) is 6.86. The van der Waals surface area contributed by atoms with Crippen LogP contribution >= 0.6 is 0 Å². The molecule has 0 aromatic heterocycles. The van der Waals surface area contributed by atoms with Crippen LogP contribution in [-0.2, 0) is 13.3 Å². The lowest BCUT2D eigenvalue weighted by Gasteiger charge is -2.32. The van der Waals surface area contributed by atoms with Crippen LogP contribution in [0.4, 0.5) is 0 Å². The van der Waals surface area contributed by atoms with Crippen LogP contribution in [0.2, 0.25) is 5.54 Å². The van der Waals surface area contributed by atoms with Gasteiger partial charge in [-0.15, -0.1) is 0 Å². The van der Waals surface area contributed by atoms with Crippen molar-refractivity contribution in [3.63, 3.8) is 0 Å². The standard InChI is InChI=1S/C9H23NO3Si.H3N/c1-5-6-9(7-8-10)14(11-2,12-3)13-4;/h9H,5-8,10H2,1-4H3;1H3. The van der Waals surface area contributed by atoms with E-state index in [9.17, 15) is 0 Å². The molecule has 1 atom stereocenters. The van der Waals surface area contributed by atoms with Gasteiger partial charge in [0, 0.05) is 26.9 Å². The van der Waals surface area contributed by atoms with Gasteiger partial charge in [-0.1, -0.05) is 13.3 Å². The molecule has 0 aliphatic carbocycles. The average molecular weight is 238 g/mol. The van der Waals surface area contributed by atoms with Gasteiger partial charge in [-0.25, -0.2) is 0 Å². The number of rotatable bonds is 8. The van der Waals surface area contributed by atoms with Crippen molar-refractivity contribution in [1.82, 2.24) is 6.15 Å². The summed E-state index contributed by atoms with van der Waals surface area (Å²) in [6.45, 7) is 2.79. The summed E-state index contributed by atoms with van der Waals surface area (Å²) in [4.78, 5) is 0. The van der Waals surface area contributed by atoms with Crippen LogP contribution in [-0.4, -0.2) is 36.7 Å². The zero-order valence-electron chi connectivity index (χ0n) is 10.4. The summed E-state index contributed by atoms with van der Waals surface area (Å²) in [5.74, 6) is 0. The maximum atomic E-state index is 5.58. The number of hydrogen-bond acceptors (Lipinski definition) is 5. The van der Waals surface area contributed by atoms with Crippen LogP contribution in [0, 0.1) is 0 Å². The molecule has 0 radical (unpaired) electrons. The lowest BCUT2D eigenvalue weighted by Crippen LogP contribution is -2.48. The third kappa shape index (κ3) is 4.58. The summed E-state index contributed by atoms with van der Waals surface area (Å²) in [6, 6.07) is 0. The van der Waals surface area contributed by atoms with Crippen molar-refractivity contribution >= 4 is 8.80 Å². The summed E-state index contributed by atoms with van der Waals surface area (Å²) in [6.07, 6.45) is 3.03. The van der Waals surface area contributed by atoms with Crippen LogP contribution in [0.15, 0.2) is 0 Å². The Morgan fingerprint density at radius 3 is 1.80 bits per heavy atom. The molecule has 0 saturated carbocycles. The van der Waals surface area contributed by atoms with Crippen molar-refractivity contribution in [1.29, 1.82) is 0 Å². The van der Waals surface area contributed by atoms with Gasteiger partial charge in [0.25, 0.3) is 0 Å². The molecule has 15 heavy (non-hydrogen) atoms. The van der Waals surface area contributed by atoms with Gasteiger partial charge in [0.15, 0.2) is 0 Å². The van der Waals surface area contributed by atoms with E-state index in [1.54, 1.807) is 21.3 Å². The molecular weight excluding hydrogens is 212 g/mol. The Kier molecular flexibility index (Phi) is 10.7. The van der Waals surface area contributed by atoms with E-state index >= 15 is 0 Å². The zero-order valence-corrected chi connectivity index (χ0v) is 11.4. The molecule has 0 fully saturated rings. The molecule has 0 bridgehead atoms. The molecule has 0 aromatic rings. The maximum absolute atomic E-state index is 5.58. The molecule has 0 aromatic carbocycles. The SMILES string of the molecule is CCCC(CCN)[Si](OC)(OC)OC.N. The molecule has 5 N–H and O–H groups in total. The van der Waals surface area contributed by atoms with Crippen LogP contribution < -0.4 is 11.9 Å². The molecule has 94 valence electrons. The largest absolute Gasteiger partial charge is 0.503 e. The zero-order chi connectivity index (χ0) is 11.0. The fourth-order valence-electron chi connectivity index (χ4n) is 1.80. The molecule has 0 spiro atoms. The van der Waals surface area contributed by atoms with Gasteiger partial charge in [-0.05, 0) is 19.4 Å². The summed E-state index contributed by atoms with van der Waals surface area (Å²) in [5, 5.41) is 0. The van der Waals surface area contributed by atoms with Crippen molar-refractivity contribution in [2.45, 2.75) is 31.7 Å². The first kappa shape index (κ1) is 17.4. The fraction of sp³-hybridized carbons (Fsp3) is 1.00. The van der Waals surface area contributed by atoms with Gasteiger partial charge in [0.2, 0.25) is 0 Å². The van der Waals surface area contributed by atoms with Gasteiger partial charge in [0.1, 0.15) is 0 Å². The molecule has 0 saturated heterocycles. The minimum Gasteiger partial charge on any atom is -0.377 e. The quantitative estimate of drug-likeness (QED) is 0.626. The molecule has 0 amide bonds. The lowest BCUT2D eigenvalue weighted by atomic mass is 10.2. The molecule has 0 aliphatic heterocycles. The molecule has 6 heteroatoms. The Morgan fingerprint density at radius 2 is 1.53 bits per heavy atom. The minimum absolute atomic E-state index is 0. The second kappa shape index (κ2) is 9.26. The first-order chi connectivity index (χ1) is 6.70. The Labute approximate surface area is 94.2 Å². The molecule has 5 nitrogen and oxygen atoms in total. The van der Waals surface area contributed by atoms with E-state index in [1.165, 1.54) is 0 Å². The molecule has 0 rings (SSSR count). The smallest absolute Gasteiger partial charge is 0.377 e. The summed E-state index contributed by atoms with van der Waals surface area (Å²) in [5.41, 5.74) is 5.89. The summed E-state index contributed by atoms with van der Waals surface area (Å²) < 4.78 is 16.3.